The van der Waals surface area contributed by atoms with Crippen molar-refractivity contribution >= 4 is 0 Å². The van der Waals surface area contributed by atoms with Gasteiger partial charge in [-0.25, -0.2) is 9.59 Å². The van der Waals surface area contributed by atoms with E-state index in [1.165, 1.54) is 59.4 Å². The molecular weight excluding hydrogens is 408 g/mol. The first-order valence-corrected chi connectivity index (χ1v) is 9.18. The van der Waals surface area contributed by atoms with Gasteiger partial charge in [0.05, 0.1) is 38.4 Å². The van der Waals surface area contributed by atoms with E-state index >= 15 is 0 Å². The summed E-state index contributed by atoms with van der Waals surface area (Å²) in [6.45, 7) is 2.99. The van der Waals surface area contributed by atoms with Crippen molar-refractivity contribution in [2.75, 3.05) is 21.3 Å². The molecule has 0 unspecified atom stereocenters. The van der Waals surface area contributed by atoms with Crippen LogP contribution in [0, 0.1) is 13.8 Å². The van der Waals surface area contributed by atoms with E-state index < -0.39 is 28.7 Å². The van der Waals surface area contributed by atoms with Crippen LogP contribution in [0.4, 0.5) is 0 Å². The second-order valence-electron chi connectivity index (χ2n) is 6.78. The first kappa shape index (κ1) is 21.8. The lowest BCUT2D eigenvalue weighted by Crippen LogP contribution is -2.21. The van der Waals surface area contributed by atoms with E-state index in [4.69, 9.17) is 23.0 Å². The number of ether oxygens (including phenoxy) is 3. The minimum absolute atomic E-state index is 0.176. The number of aryl methyl sites for hydroxylation is 2. The lowest BCUT2D eigenvalue weighted by Gasteiger charge is -2.21. The zero-order chi connectivity index (χ0) is 22.9. The van der Waals surface area contributed by atoms with Crippen LogP contribution in [0.5, 0.6) is 28.7 Å². The standard InChI is InChI=1S/C22H22O9/c1-10-6-13(23)18(21(25)30-10)17(19-14(24)7-11(2)31-22(19)26)12-8-15(27-3)20(29-5)16(9-12)28-4/h6-9,17,23-24H,1-5H3. The molecule has 9 nitrogen and oxygen atoms in total. The summed E-state index contributed by atoms with van der Waals surface area (Å²) in [5, 5.41) is 21.2. The predicted octanol–water partition coefficient (Wildman–Crippen LogP) is 2.83. The summed E-state index contributed by atoms with van der Waals surface area (Å²) in [5.41, 5.74) is -1.99. The summed E-state index contributed by atoms with van der Waals surface area (Å²) >= 11 is 0. The van der Waals surface area contributed by atoms with E-state index in [9.17, 15) is 19.8 Å². The van der Waals surface area contributed by atoms with Gasteiger partial charge in [0.2, 0.25) is 5.75 Å². The van der Waals surface area contributed by atoms with Crippen LogP contribution in [0.15, 0.2) is 42.7 Å². The van der Waals surface area contributed by atoms with Crippen LogP contribution in [0.2, 0.25) is 0 Å². The Morgan fingerprint density at radius 2 is 1.16 bits per heavy atom. The second-order valence-corrected chi connectivity index (χ2v) is 6.78. The largest absolute Gasteiger partial charge is 0.507 e. The summed E-state index contributed by atoms with van der Waals surface area (Å²) in [4.78, 5) is 25.5. The maximum atomic E-state index is 12.7. The molecule has 3 rings (SSSR count). The lowest BCUT2D eigenvalue weighted by atomic mass is 9.85. The monoisotopic (exact) mass is 430 g/mol. The van der Waals surface area contributed by atoms with Gasteiger partial charge >= 0.3 is 11.3 Å². The molecule has 2 N–H and O–H groups in total. The number of aromatic hydroxyl groups is 2. The molecule has 0 aliphatic carbocycles. The summed E-state index contributed by atoms with van der Waals surface area (Å²) in [5.74, 6) is -0.957. The number of hydrogen-bond donors (Lipinski definition) is 2. The van der Waals surface area contributed by atoms with E-state index in [-0.39, 0.29) is 45.5 Å². The zero-order valence-corrected chi connectivity index (χ0v) is 17.6. The Labute approximate surface area is 177 Å². The molecule has 2 heterocycles. The molecular formula is C22H22O9. The van der Waals surface area contributed by atoms with Crippen molar-refractivity contribution in [3.8, 4) is 28.7 Å². The smallest absolute Gasteiger partial charge is 0.343 e. The van der Waals surface area contributed by atoms with Crippen molar-refractivity contribution in [1.29, 1.82) is 0 Å². The SMILES string of the molecule is COc1cc(C(c2c(O)cc(C)oc2=O)c2c(O)cc(C)oc2=O)cc(OC)c1OC. The fourth-order valence-corrected chi connectivity index (χ4v) is 3.49. The number of methoxy groups -OCH3 is 3. The van der Waals surface area contributed by atoms with E-state index in [1.54, 1.807) is 0 Å². The van der Waals surface area contributed by atoms with Gasteiger partial charge in [-0.05, 0) is 31.5 Å². The highest BCUT2D eigenvalue weighted by Gasteiger charge is 2.32. The third-order valence-corrected chi connectivity index (χ3v) is 4.78. The van der Waals surface area contributed by atoms with Crippen molar-refractivity contribution < 1.29 is 33.3 Å². The Balaban J connectivity index is 2.45. The van der Waals surface area contributed by atoms with Gasteiger partial charge in [0.1, 0.15) is 23.0 Å². The van der Waals surface area contributed by atoms with Crippen LogP contribution in [0.1, 0.15) is 34.1 Å². The van der Waals surface area contributed by atoms with Gasteiger partial charge in [-0.1, -0.05) is 0 Å². The number of rotatable bonds is 6. The molecule has 0 amide bonds. The molecule has 0 bridgehead atoms. The van der Waals surface area contributed by atoms with Gasteiger partial charge in [0.25, 0.3) is 0 Å². The first-order valence-electron chi connectivity index (χ1n) is 9.18. The highest BCUT2D eigenvalue weighted by Crippen LogP contribution is 2.44. The molecule has 0 atom stereocenters. The highest BCUT2D eigenvalue weighted by molar-refractivity contribution is 5.59. The second kappa shape index (κ2) is 8.47. The maximum Gasteiger partial charge on any atom is 0.343 e. The van der Waals surface area contributed by atoms with E-state index in [0.29, 0.717) is 0 Å². The molecule has 3 aromatic rings. The quantitative estimate of drug-likeness (QED) is 0.606. The van der Waals surface area contributed by atoms with Crippen molar-refractivity contribution in [3.05, 3.63) is 73.3 Å². The van der Waals surface area contributed by atoms with Crippen molar-refractivity contribution in [3.63, 3.8) is 0 Å². The van der Waals surface area contributed by atoms with Crippen LogP contribution in [0.3, 0.4) is 0 Å². The Hall–Kier alpha value is -3.88. The minimum Gasteiger partial charge on any atom is -0.507 e. The Kier molecular flexibility index (Phi) is 5.96. The molecule has 31 heavy (non-hydrogen) atoms. The summed E-state index contributed by atoms with van der Waals surface area (Å²) in [6.07, 6.45) is 0. The first-order chi connectivity index (χ1) is 14.7. The minimum atomic E-state index is -1.26. The fourth-order valence-electron chi connectivity index (χ4n) is 3.49. The molecule has 0 radical (unpaired) electrons. The summed E-state index contributed by atoms with van der Waals surface area (Å²) in [6, 6.07) is 5.50. The summed E-state index contributed by atoms with van der Waals surface area (Å²) in [7, 11) is 4.25. The molecule has 0 spiro atoms. The third-order valence-electron chi connectivity index (χ3n) is 4.78. The molecule has 9 heteroatoms. The molecule has 0 saturated carbocycles. The molecule has 0 saturated heterocycles. The third kappa shape index (κ3) is 3.94. The van der Waals surface area contributed by atoms with Gasteiger partial charge in [-0.15, -0.1) is 0 Å². The van der Waals surface area contributed by atoms with Gasteiger partial charge in [-0.3, -0.25) is 0 Å². The Morgan fingerprint density at radius 3 is 1.48 bits per heavy atom. The van der Waals surface area contributed by atoms with Gasteiger partial charge in [0.15, 0.2) is 11.5 Å². The predicted molar refractivity (Wildman–Crippen MR) is 110 cm³/mol. The van der Waals surface area contributed by atoms with E-state index in [2.05, 4.69) is 0 Å². The van der Waals surface area contributed by atoms with Crippen LogP contribution >= 0.6 is 0 Å². The Bertz CT molecular complexity index is 1150. The van der Waals surface area contributed by atoms with Crippen molar-refractivity contribution in [2.24, 2.45) is 0 Å². The van der Waals surface area contributed by atoms with Crippen molar-refractivity contribution in [1.82, 2.24) is 0 Å². The van der Waals surface area contributed by atoms with Crippen molar-refractivity contribution in [2.45, 2.75) is 19.8 Å². The number of hydrogen-bond acceptors (Lipinski definition) is 9. The van der Waals surface area contributed by atoms with Gasteiger partial charge in [-0.2, -0.15) is 0 Å². The van der Waals surface area contributed by atoms with Crippen LogP contribution < -0.4 is 25.5 Å². The topological polar surface area (TPSA) is 129 Å². The van der Waals surface area contributed by atoms with E-state index in [1.807, 2.05) is 0 Å². The molecule has 0 fully saturated rings. The average molecular weight is 430 g/mol. The summed E-state index contributed by atoms with van der Waals surface area (Å²) < 4.78 is 26.4. The molecule has 1 aromatic carbocycles. The molecule has 0 aliphatic heterocycles. The lowest BCUT2D eigenvalue weighted by molar-refractivity contribution is 0.323. The normalized spacial score (nSPS) is 10.9. The van der Waals surface area contributed by atoms with Crippen LogP contribution in [-0.2, 0) is 0 Å². The Morgan fingerprint density at radius 1 is 0.742 bits per heavy atom. The number of benzene rings is 1. The van der Waals surface area contributed by atoms with Gasteiger partial charge < -0.3 is 33.3 Å². The molecule has 0 aliphatic rings. The molecule has 164 valence electrons. The highest BCUT2D eigenvalue weighted by atomic mass is 16.5. The van der Waals surface area contributed by atoms with Crippen LogP contribution in [0.25, 0.3) is 0 Å². The van der Waals surface area contributed by atoms with E-state index in [0.717, 1.165) is 0 Å². The average Bonchev–Trinajstić information content (AvgIpc) is 2.70. The maximum absolute atomic E-state index is 12.7. The zero-order valence-electron chi connectivity index (χ0n) is 17.6. The fraction of sp³-hybridized carbons (Fsp3) is 0.273. The van der Waals surface area contributed by atoms with Gasteiger partial charge in [0, 0.05) is 12.1 Å². The van der Waals surface area contributed by atoms with Crippen LogP contribution in [-0.4, -0.2) is 31.5 Å². The molecule has 2 aromatic heterocycles.